The third-order valence-electron chi connectivity index (χ3n) is 6.83. The highest BCUT2D eigenvalue weighted by Gasteiger charge is 2.14. The highest BCUT2D eigenvalue weighted by atomic mass is 16.5. The second-order valence-corrected chi connectivity index (χ2v) is 9.86. The Labute approximate surface area is 189 Å². The summed E-state index contributed by atoms with van der Waals surface area (Å²) in [6.07, 6.45) is 32.4. The van der Waals surface area contributed by atoms with Crippen LogP contribution >= 0.6 is 0 Å². The number of hydrogen-bond acceptors (Lipinski definition) is 2. The molecule has 0 bridgehead atoms. The average Bonchev–Trinajstić information content (AvgIpc) is 2.74. The zero-order valence-electron chi connectivity index (χ0n) is 20.6. The first-order valence-electron chi connectivity index (χ1n) is 14.0. The number of carbonyl (C=O) groups is 1. The molecule has 0 saturated carbocycles. The number of rotatable bonds is 9. The molecule has 2 nitrogen and oxygen atoms in total. The molecule has 1 fully saturated rings. The molecule has 2 heteroatoms. The van der Waals surface area contributed by atoms with E-state index < -0.39 is 0 Å². The summed E-state index contributed by atoms with van der Waals surface area (Å²) in [5.74, 6) is 0.0671. The summed E-state index contributed by atoms with van der Waals surface area (Å²) < 4.78 is 5.94. The molecule has 0 N–H and O–H groups in total. The van der Waals surface area contributed by atoms with Crippen LogP contribution in [0, 0.1) is 0 Å². The molecular weight excluding hydrogens is 368 g/mol. The zero-order valence-corrected chi connectivity index (χ0v) is 20.6. The van der Waals surface area contributed by atoms with Gasteiger partial charge in [0.25, 0.3) is 0 Å². The first-order valence-corrected chi connectivity index (χ1v) is 14.0. The van der Waals surface area contributed by atoms with Gasteiger partial charge in [-0.1, -0.05) is 129 Å². The largest absolute Gasteiger partial charge is 0.462 e. The Morgan fingerprint density at radius 3 is 1.57 bits per heavy atom. The summed E-state index contributed by atoms with van der Waals surface area (Å²) >= 11 is 0. The number of esters is 1. The third-order valence-corrected chi connectivity index (χ3v) is 6.83. The maximum atomic E-state index is 12.3. The van der Waals surface area contributed by atoms with E-state index in [9.17, 15) is 4.79 Å². The van der Waals surface area contributed by atoms with E-state index in [2.05, 4.69) is 6.92 Å². The van der Waals surface area contributed by atoms with Gasteiger partial charge >= 0.3 is 5.97 Å². The van der Waals surface area contributed by atoms with E-state index in [0.29, 0.717) is 6.42 Å². The molecule has 0 aromatic rings. The monoisotopic (exact) mass is 422 g/mol. The van der Waals surface area contributed by atoms with Gasteiger partial charge in [0.2, 0.25) is 0 Å². The second kappa shape index (κ2) is 21.7. The highest BCUT2D eigenvalue weighted by Crippen LogP contribution is 2.19. The molecule has 1 aliphatic heterocycles. The van der Waals surface area contributed by atoms with Gasteiger partial charge in [0, 0.05) is 6.42 Å². The maximum absolute atomic E-state index is 12.3. The minimum atomic E-state index is 0.0671. The van der Waals surface area contributed by atoms with Crippen molar-refractivity contribution in [2.45, 2.75) is 174 Å². The van der Waals surface area contributed by atoms with Crippen LogP contribution in [0.1, 0.15) is 167 Å². The molecule has 1 heterocycles. The minimum Gasteiger partial charge on any atom is -0.462 e. The van der Waals surface area contributed by atoms with Crippen LogP contribution in [0.5, 0.6) is 0 Å². The van der Waals surface area contributed by atoms with Crippen molar-refractivity contribution >= 4 is 5.97 Å². The van der Waals surface area contributed by atoms with Gasteiger partial charge in [-0.3, -0.25) is 4.79 Å². The van der Waals surface area contributed by atoms with Crippen molar-refractivity contribution in [1.82, 2.24) is 0 Å². The summed E-state index contributed by atoms with van der Waals surface area (Å²) in [7, 11) is 0. The molecule has 1 aliphatic rings. The van der Waals surface area contributed by atoms with Crippen molar-refractivity contribution in [2.24, 2.45) is 0 Å². The quantitative estimate of drug-likeness (QED) is 0.273. The Balaban J connectivity index is 2.27. The van der Waals surface area contributed by atoms with E-state index in [1.807, 2.05) is 0 Å². The van der Waals surface area contributed by atoms with E-state index in [4.69, 9.17) is 4.74 Å². The van der Waals surface area contributed by atoms with Crippen LogP contribution in [0.2, 0.25) is 0 Å². The van der Waals surface area contributed by atoms with Crippen molar-refractivity contribution in [3.05, 3.63) is 0 Å². The van der Waals surface area contributed by atoms with Gasteiger partial charge in [-0.05, 0) is 32.1 Å². The zero-order chi connectivity index (χ0) is 21.5. The van der Waals surface area contributed by atoms with Gasteiger partial charge in [0.15, 0.2) is 0 Å². The van der Waals surface area contributed by atoms with Crippen LogP contribution < -0.4 is 0 Å². The lowest BCUT2D eigenvalue weighted by molar-refractivity contribution is -0.150. The highest BCUT2D eigenvalue weighted by molar-refractivity contribution is 5.69. The van der Waals surface area contributed by atoms with Crippen LogP contribution in [0.3, 0.4) is 0 Å². The minimum absolute atomic E-state index is 0.0671. The molecule has 1 rings (SSSR count). The molecule has 0 aromatic heterocycles. The number of ether oxygens (including phenoxy) is 1. The Bertz CT molecular complexity index is 366. The van der Waals surface area contributed by atoms with E-state index in [1.165, 1.54) is 135 Å². The van der Waals surface area contributed by atoms with Crippen molar-refractivity contribution in [2.75, 3.05) is 0 Å². The number of hydrogen-bond donors (Lipinski definition) is 0. The molecule has 0 amide bonds. The molecule has 1 saturated heterocycles. The predicted molar refractivity (Wildman–Crippen MR) is 131 cm³/mol. The molecule has 1 atom stereocenters. The molecule has 0 spiro atoms. The fourth-order valence-electron chi connectivity index (χ4n) is 4.78. The SMILES string of the molecule is CCCCCCCCCCC1CCCCCCCCCCCCCCCCC(=O)O1. The van der Waals surface area contributed by atoms with Crippen LogP contribution in [0.4, 0.5) is 0 Å². The van der Waals surface area contributed by atoms with Crippen LogP contribution in [-0.4, -0.2) is 12.1 Å². The summed E-state index contributed by atoms with van der Waals surface area (Å²) in [5.41, 5.74) is 0. The smallest absolute Gasteiger partial charge is 0.306 e. The lowest BCUT2D eigenvalue weighted by atomic mass is 10.0. The van der Waals surface area contributed by atoms with E-state index >= 15 is 0 Å². The lowest BCUT2D eigenvalue weighted by Crippen LogP contribution is -2.18. The van der Waals surface area contributed by atoms with Crippen molar-refractivity contribution in [3.63, 3.8) is 0 Å². The van der Waals surface area contributed by atoms with Gasteiger partial charge in [0.05, 0.1) is 0 Å². The van der Waals surface area contributed by atoms with E-state index in [-0.39, 0.29) is 12.1 Å². The van der Waals surface area contributed by atoms with Crippen LogP contribution in [0.15, 0.2) is 0 Å². The molecule has 30 heavy (non-hydrogen) atoms. The fraction of sp³-hybridized carbons (Fsp3) is 0.964. The topological polar surface area (TPSA) is 26.3 Å². The molecule has 178 valence electrons. The summed E-state index contributed by atoms with van der Waals surface area (Å²) in [5, 5.41) is 0. The summed E-state index contributed by atoms with van der Waals surface area (Å²) in [6, 6.07) is 0. The molecule has 1 unspecified atom stereocenters. The maximum Gasteiger partial charge on any atom is 0.306 e. The van der Waals surface area contributed by atoms with Crippen molar-refractivity contribution in [3.8, 4) is 0 Å². The second-order valence-electron chi connectivity index (χ2n) is 9.86. The van der Waals surface area contributed by atoms with Gasteiger partial charge in [-0.15, -0.1) is 0 Å². The number of unbranched alkanes of at least 4 members (excludes halogenated alkanes) is 7. The Morgan fingerprint density at radius 1 is 0.600 bits per heavy atom. The number of cyclic esters (lactones) is 1. The first-order chi connectivity index (χ1) is 14.8. The average molecular weight is 423 g/mol. The van der Waals surface area contributed by atoms with E-state index in [1.54, 1.807) is 0 Å². The molecule has 0 aliphatic carbocycles. The van der Waals surface area contributed by atoms with Crippen molar-refractivity contribution < 1.29 is 9.53 Å². The normalized spacial score (nSPS) is 21.9. The molecule has 0 radical (unpaired) electrons. The van der Waals surface area contributed by atoms with Crippen LogP contribution in [-0.2, 0) is 9.53 Å². The predicted octanol–water partition coefficient (Wildman–Crippen LogP) is 9.68. The van der Waals surface area contributed by atoms with Crippen molar-refractivity contribution in [1.29, 1.82) is 0 Å². The summed E-state index contributed by atoms with van der Waals surface area (Å²) in [6.45, 7) is 2.28. The van der Waals surface area contributed by atoms with Gasteiger partial charge < -0.3 is 4.74 Å². The number of carbonyl (C=O) groups excluding carboxylic acids is 1. The third kappa shape index (κ3) is 18.3. The Morgan fingerprint density at radius 2 is 1.03 bits per heavy atom. The summed E-state index contributed by atoms with van der Waals surface area (Å²) in [4.78, 5) is 12.3. The Hall–Kier alpha value is -0.530. The molecule has 0 aromatic carbocycles. The standard InChI is InChI=1S/C28H54O2/c1-2-3-4-5-6-15-18-21-24-27-25-22-19-16-13-11-9-7-8-10-12-14-17-20-23-26-28(29)30-27/h27H,2-26H2,1H3. The fourth-order valence-corrected chi connectivity index (χ4v) is 4.78. The van der Waals surface area contributed by atoms with Gasteiger partial charge in [-0.25, -0.2) is 0 Å². The lowest BCUT2D eigenvalue weighted by Gasteiger charge is -2.18. The molecular formula is C28H54O2. The van der Waals surface area contributed by atoms with Gasteiger partial charge in [0.1, 0.15) is 6.10 Å². The van der Waals surface area contributed by atoms with E-state index in [0.717, 1.165) is 19.3 Å². The Kier molecular flexibility index (Phi) is 19.9. The first kappa shape index (κ1) is 27.5. The van der Waals surface area contributed by atoms with Gasteiger partial charge in [-0.2, -0.15) is 0 Å². The van der Waals surface area contributed by atoms with Crippen LogP contribution in [0.25, 0.3) is 0 Å².